The largest absolute Gasteiger partial charge is 0.392 e. The molecule has 0 saturated carbocycles. The molecule has 1 aliphatic carbocycles. The van der Waals surface area contributed by atoms with E-state index in [9.17, 15) is 9.90 Å². The number of aryl methyl sites for hydroxylation is 1. The maximum atomic E-state index is 13.0. The molecule has 0 bridgehead atoms. The second-order valence-corrected chi connectivity index (χ2v) is 8.69. The average Bonchev–Trinajstić information content (AvgIpc) is 3.28. The number of Topliss-reactive ketones (excluding diaryl/α,β-unsaturated/α-hetero) is 1. The molecule has 0 fully saturated rings. The summed E-state index contributed by atoms with van der Waals surface area (Å²) >= 11 is 1.57. The normalized spacial score (nSPS) is 18.1. The number of benzene rings is 2. The minimum absolute atomic E-state index is 0.0554. The Morgan fingerprint density at radius 1 is 1.17 bits per heavy atom. The summed E-state index contributed by atoms with van der Waals surface area (Å²) in [5.74, 6) is -0.0791. The minimum atomic E-state index is -0.496. The summed E-state index contributed by atoms with van der Waals surface area (Å²) in [6, 6.07) is 15.8. The first-order valence-corrected chi connectivity index (χ1v) is 10.5. The number of aromatic nitrogens is 2. The van der Waals surface area contributed by atoms with Crippen molar-refractivity contribution in [1.82, 2.24) is 9.97 Å². The molecular weight excluding hydrogens is 380 g/mol. The van der Waals surface area contributed by atoms with Crippen LogP contribution in [0.15, 0.2) is 60.9 Å². The summed E-state index contributed by atoms with van der Waals surface area (Å²) in [6.07, 6.45) is 4.08. The van der Waals surface area contributed by atoms with E-state index in [1.165, 1.54) is 0 Å². The number of rotatable bonds is 4. The van der Waals surface area contributed by atoms with Gasteiger partial charge in [-0.15, -0.1) is 11.3 Å². The Morgan fingerprint density at radius 2 is 2.03 bits per heavy atom. The van der Waals surface area contributed by atoms with Crippen molar-refractivity contribution in [3.05, 3.63) is 83.2 Å². The fourth-order valence-corrected chi connectivity index (χ4v) is 5.10. The smallest absolute Gasteiger partial charge is 0.163 e. The Hall–Kier alpha value is -2.89. The Morgan fingerprint density at radius 3 is 2.90 bits per heavy atom. The maximum absolute atomic E-state index is 13.0. The first kappa shape index (κ1) is 18.2. The predicted octanol–water partition coefficient (Wildman–Crippen LogP) is 4.94. The van der Waals surface area contributed by atoms with Crippen LogP contribution in [0.3, 0.4) is 0 Å². The van der Waals surface area contributed by atoms with Gasteiger partial charge < -0.3 is 5.11 Å². The van der Waals surface area contributed by atoms with Gasteiger partial charge in [0.15, 0.2) is 5.78 Å². The highest BCUT2D eigenvalue weighted by molar-refractivity contribution is 7.21. The van der Waals surface area contributed by atoms with Gasteiger partial charge in [0.2, 0.25) is 0 Å². The number of fused-ring (bicyclic) bond motifs is 2. The molecule has 0 radical (unpaired) electrons. The number of carbonyl (C=O) groups is 1. The third kappa shape index (κ3) is 3.37. The molecule has 144 valence electrons. The number of ketones is 1. The molecule has 0 aliphatic heterocycles. The lowest BCUT2D eigenvalue weighted by atomic mass is 9.92. The average molecular weight is 401 g/mol. The van der Waals surface area contributed by atoms with Crippen molar-refractivity contribution < 1.29 is 9.90 Å². The Labute approximate surface area is 172 Å². The molecule has 0 saturated heterocycles. The Bertz CT molecular complexity index is 1230. The third-order valence-electron chi connectivity index (χ3n) is 5.59. The van der Waals surface area contributed by atoms with Gasteiger partial charge in [0, 0.05) is 35.9 Å². The number of thiazole rings is 1. The van der Waals surface area contributed by atoms with Crippen LogP contribution in [0.4, 0.5) is 0 Å². The van der Waals surface area contributed by atoms with E-state index in [2.05, 4.69) is 11.1 Å². The molecule has 2 heterocycles. The Kier molecular flexibility index (Phi) is 4.49. The number of hydrogen-bond acceptors (Lipinski definition) is 5. The van der Waals surface area contributed by atoms with Crippen LogP contribution >= 0.6 is 11.3 Å². The summed E-state index contributed by atoms with van der Waals surface area (Å²) in [4.78, 5) is 21.9. The van der Waals surface area contributed by atoms with Crippen LogP contribution in [-0.2, 0) is 6.42 Å². The van der Waals surface area contributed by atoms with Crippen molar-refractivity contribution in [1.29, 1.82) is 0 Å². The van der Waals surface area contributed by atoms with Gasteiger partial charge in [0.1, 0.15) is 5.01 Å². The highest BCUT2D eigenvalue weighted by atomic mass is 32.1. The van der Waals surface area contributed by atoms with Crippen molar-refractivity contribution >= 4 is 27.3 Å². The quantitative estimate of drug-likeness (QED) is 0.493. The number of aliphatic hydroxyl groups is 1. The van der Waals surface area contributed by atoms with Crippen LogP contribution in [-0.4, -0.2) is 27.0 Å². The zero-order valence-corrected chi connectivity index (χ0v) is 16.8. The van der Waals surface area contributed by atoms with Gasteiger partial charge in [0.05, 0.1) is 16.3 Å². The zero-order valence-electron chi connectivity index (χ0n) is 16.0. The molecule has 0 unspecified atom stereocenters. The maximum Gasteiger partial charge on any atom is 0.163 e. The zero-order chi connectivity index (χ0) is 20.0. The van der Waals surface area contributed by atoms with Crippen LogP contribution in [0.1, 0.15) is 39.4 Å². The summed E-state index contributed by atoms with van der Waals surface area (Å²) in [5, 5.41) is 11.4. The lowest BCUT2D eigenvalue weighted by molar-refractivity contribution is 0.0921. The van der Waals surface area contributed by atoms with E-state index in [4.69, 9.17) is 4.98 Å². The number of pyridine rings is 1. The van der Waals surface area contributed by atoms with E-state index in [-0.39, 0.29) is 11.7 Å². The highest BCUT2D eigenvalue weighted by Crippen LogP contribution is 2.37. The summed E-state index contributed by atoms with van der Waals surface area (Å²) < 4.78 is 0.986. The van der Waals surface area contributed by atoms with Crippen molar-refractivity contribution in [2.45, 2.75) is 31.8 Å². The standard InChI is InChI=1S/C24H20N2O2S/c1-14-8-17(13-25-12-14)24-26-20-7-6-16(10-23(20)29-24)21(27)11-19-18-5-3-2-4-15(18)9-22(19)28/h2-8,10,12-13,19,22,28H,9,11H2,1H3/t19-,22+/m1/s1. The van der Waals surface area contributed by atoms with Crippen molar-refractivity contribution in [3.63, 3.8) is 0 Å². The minimum Gasteiger partial charge on any atom is -0.392 e. The van der Waals surface area contributed by atoms with Crippen LogP contribution in [0.25, 0.3) is 20.8 Å². The van der Waals surface area contributed by atoms with Gasteiger partial charge >= 0.3 is 0 Å². The van der Waals surface area contributed by atoms with Gasteiger partial charge in [-0.3, -0.25) is 9.78 Å². The first-order valence-electron chi connectivity index (χ1n) is 9.70. The monoisotopic (exact) mass is 400 g/mol. The van der Waals surface area contributed by atoms with E-state index in [0.29, 0.717) is 18.4 Å². The number of nitrogens with zero attached hydrogens (tertiary/aromatic N) is 2. The first-order chi connectivity index (χ1) is 14.1. The molecule has 5 heteroatoms. The van der Waals surface area contributed by atoms with E-state index in [1.807, 2.05) is 61.8 Å². The molecular formula is C24H20N2O2S. The molecule has 4 nitrogen and oxygen atoms in total. The SMILES string of the molecule is Cc1cncc(-c2nc3ccc(C(=O)C[C@@H]4c5ccccc5C[C@@H]4O)cc3s2)c1. The van der Waals surface area contributed by atoms with Crippen LogP contribution in [0.5, 0.6) is 0 Å². The number of aliphatic hydroxyl groups excluding tert-OH is 1. The second kappa shape index (κ2) is 7.17. The lowest BCUT2D eigenvalue weighted by Crippen LogP contribution is -2.17. The molecule has 1 N–H and O–H groups in total. The van der Waals surface area contributed by atoms with Crippen LogP contribution < -0.4 is 0 Å². The molecule has 4 aromatic rings. The van der Waals surface area contributed by atoms with Crippen LogP contribution in [0.2, 0.25) is 0 Å². The number of hydrogen-bond donors (Lipinski definition) is 1. The highest BCUT2D eigenvalue weighted by Gasteiger charge is 2.32. The van der Waals surface area contributed by atoms with Gasteiger partial charge in [-0.05, 0) is 54.3 Å². The lowest BCUT2D eigenvalue weighted by Gasteiger charge is -2.15. The molecule has 0 amide bonds. The van der Waals surface area contributed by atoms with Gasteiger partial charge in [0.25, 0.3) is 0 Å². The topological polar surface area (TPSA) is 63.1 Å². The molecule has 2 atom stereocenters. The van der Waals surface area contributed by atoms with E-state index < -0.39 is 6.10 Å². The van der Waals surface area contributed by atoms with Crippen molar-refractivity contribution in [2.24, 2.45) is 0 Å². The predicted molar refractivity (Wildman–Crippen MR) is 115 cm³/mol. The van der Waals surface area contributed by atoms with Crippen LogP contribution in [0, 0.1) is 6.92 Å². The molecule has 1 aliphatic rings. The summed E-state index contributed by atoms with van der Waals surface area (Å²) in [6.45, 7) is 2.01. The molecule has 29 heavy (non-hydrogen) atoms. The van der Waals surface area contributed by atoms with Crippen molar-refractivity contribution in [2.75, 3.05) is 0 Å². The number of carbonyl (C=O) groups excluding carboxylic acids is 1. The van der Waals surface area contributed by atoms with Gasteiger partial charge in [-0.1, -0.05) is 24.3 Å². The summed E-state index contributed by atoms with van der Waals surface area (Å²) in [7, 11) is 0. The molecule has 5 rings (SSSR count). The van der Waals surface area contributed by atoms with E-state index in [1.54, 1.807) is 11.3 Å². The van der Waals surface area contributed by atoms with E-state index >= 15 is 0 Å². The fraction of sp³-hybridized carbons (Fsp3) is 0.208. The second-order valence-electron chi connectivity index (χ2n) is 7.66. The summed E-state index contributed by atoms with van der Waals surface area (Å²) in [5.41, 5.74) is 5.88. The van der Waals surface area contributed by atoms with Gasteiger partial charge in [-0.2, -0.15) is 0 Å². The Balaban J connectivity index is 1.42. The molecule has 2 aromatic heterocycles. The molecule has 2 aromatic carbocycles. The third-order valence-corrected chi connectivity index (χ3v) is 6.65. The van der Waals surface area contributed by atoms with Crippen molar-refractivity contribution in [3.8, 4) is 10.6 Å². The molecule has 0 spiro atoms. The van der Waals surface area contributed by atoms with Gasteiger partial charge in [-0.25, -0.2) is 4.98 Å². The fourth-order valence-electron chi connectivity index (χ4n) is 4.11. The van der Waals surface area contributed by atoms with E-state index in [0.717, 1.165) is 37.5 Å².